The summed E-state index contributed by atoms with van der Waals surface area (Å²) in [6.45, 7) is 0. The topological polar surface area (TPSA) is 242 Å². The van der Waals surface area contributed by atoms with Gasteiger partial charge >= 0.3 is 71.1 Å². The van der Waals surface area contributed by atoms with Gasteiger partial charge in [-0.2, -0.15) is 0 Å². The molecule has 2 aliphatic heterocycles. The van der Waals surface area contributed by atoms with E-state index in [4.69, 9.17) is 0 Å². The Balaban J connectivity index is 0.00000544. The molecule has 0 radical (unpaired) electrons. The van der Waals surface area contributed by atoms with Gasteiger partial charge in [0, 0.05) is 12.8 Å². The largest absolute Gasteiger partial charge is 1.00 e. The summed E-state index contributed by atoms with van der Waals surface area (Å²) in [7, 11) is -10.2. The molecule has 0 aromatic carbocycles. The van der Waals surface area contributed by atoms with Crippen molar-refractivity contribution in [2.24, 2.45) is 0 Å². The number of amides is 4. The van der Waals surface area contributed by atoms with Crippen LogP contribution in [0.1, 0.15) is 38.5 Å². The van der Waals surface area contributed by atoms with Gasteiger partial charge in [-0.05, 0) is 12.8 Å². The van der Waals surface area contributed by atoms with E-state index in [1.807, 2.05) is 0 Å². The van der Waals surface area contributed by atoms with Crippen LogP contribution in [-0.2, 0) is 58.7 Å². The first-order chi connectivity index (χ1) is 14.6. The number of hydroxylamine groups is 4. The molecule has 2 fully saturated rings. The van der Waals surface area contributed by atoms with E-state index in [0.29, 0.717) is 0 Å². The monoisotopic (exact) mass is 544 g/mol. The van der Waals surface area contributed by atoms with Gasteiger partial charge in [0.2, 0.25) is 0 Å². The normalized spacial score (nSPS) is 20.6. The molecule has 2 atom stereocenters. The molecule has 2 heterocycles. The summed E-state index contributed by atoms with van der Waals surface area (Å²) >= 11 is 0. The van der Waals surface area contributed by atoms with Gasteiger partial charge in [0.05, 0.1) is 12.8 Å². The molecule has 0 N–H and O–H groups in total. The van der Waals surface area contributed by atoms with Gasteiger partial charge in [-0.3, -0.25) is 19.2 Å². The average molecular weight is 544 g/mol. The molecule has 2 aliphatic rings. The molecule has 34 heavy (non-hydrogen) atoms. The van der Waals surface area contributed by atoms with Crippen molar-refractivity contribution in [3.63, 3.8) is 0 Å². The third kappa shape index (κ3) is 8.32. The van der Waals surface area contributed by atoms with Crippen molar-refractivity contribution in [3.8, 4) is 0 Å². The van der Waals surface area contributed by atoms with Gasteiger partial charge < -0.3 is 18.8 Å². The molecule has 20 heteroatoms. The molecular weight excluding hydrogens is 530 g/mol. The van der Waals surface area contributed by atoms with Crippen LogP contribution in [-0.4, -0.2) is 82.1 Å². The van der Waals surface area contributed by atoms with Crippen LogP contribution in [0.4, 0.5) is 0 Å². The van der Waals surface area contributed by atoms with Crippen LogP contribution in [0.5, 0.6) is 0 Å². The third-order valence-corrected chi connectivity index (χ3v) is 6.35. The summed E-state index contributed by atoms with van der Waals surface area (Å²) in [6.07, 6.45) is -3.04. The summed E-state index contributed by atoms with van der Waals surface area (Å²) in [5.41, 5.74) is 0. The summed E-state index contributed by atoms with van der Waals surface area (Å²) in [5.74, 6) is -7.71. The number of hydrogen-bond acceptors (Lipinski definition) is 14. The van der Waals surface area contributed by atoms with Gasteiger partial charge in [-0.15, -0.1) is 10.1 Å². The Bertz CT molecular complexity index is 1000. The fourth-order valence-corrected chi connectivity index (χ4v) is 4.02. The van der Waals surface area contributed by atoms with E-state index in [-0.39, 0.29) is 82.1 Å². The Morgan fingerprint density at radius 2 is 1.03 bits per heavy atom. The van der Waals surface area contributed by atoms with E-state index in [1.54, 1.807) is 0 Å². The van der Waals surface area contributed by atoms with Crippen LogP contribution in [0, 0.1) is 0 Å². The minimum absolute atomic E-state index is 0. The Morgan fingerprint density at radius 3 is 1.26 bits per heavy atom. The van der Waals surface area contributed by atoms with Crippen molar-refractivity contribution in [2.45, 2.75) is 49.0 Å². The fraction of sp³-hybridized carbons (Fsp3) is 0.571. The van der Waals surface area contributed by atoms with Crippen molar-refractivity contribution in [1.82, 2.24) is 10.1 Å². The number of hydrogen-bond donors (Lipinski definition) is 0. The quantitative estimate of drug-likeness (QED) is 0.113. The van der Waals surface area contributed by atoms with Crippen molar-refractivity contribution < 1.29 is 123 Å². The Hall–Kier alpha value is -0.960. The first-order valence-corrected chi connectivity index (χ1v) is 11.6. The second-order valence-corrected chi connectivity index (χ2v) is 9.67. The second kappa shape index (κ2) is 12.8. The molecule has 0 saturated carbocycles. The zero-order valence-electron chi connectivity index (χ0n) is 17.8. The number of carbonyl (C=O) groups is 6. The van der Waals surface area contributed by atoms with Crippen LogP contribution in [0.25, 0.3) is 0 Å². The molecule has 2 rings (SSSR count). The molecule has 2 unspecified atom stereocenters. The van der Waals surface area contributed by atoms with Crippen molar-refractivity contribution in [2.75, 3.05) is 0 Å². The SMILES string of the molecule is O=C(CCCCC(=O)ON1C(=O)CC(S(=O)(=O)[O-])C1=O)ON1C(=O)CC(S(=O)(=O)[O-])C1=O.[Na+].[Na+]. The van der Waals surface area contributed by atoms with Crippen LogP contribution in [0.15, 0.2) is 0 Å². The maximum atomic E-state index is 11.7. The summed E-state index contributed by atoms with van der Waals surface area (Å²) < 4.78 is 65.4. The fourth-order valence-electron chi connectivity index (χ4n) is 2.64. The molecule has 16 nitrogen and oxygen atoms in total. The molecule has 0 aromatic rings. The van der Waals surface area contributed by atoms with E-state index in [9.17, 15) is 54.7 Å². The minimum atomic E-state index is -5.12. The molecule has 4 amide bonds. The first kappa shape index (κ1) is 33.0. The minimum Gasteiger partial charge on any atom is -0.747 e. The average Bonchev–Trinajstić information content (AvgIpc) is 3.10. The number of rotatable bonds is 9. The maximum absolute atomic E-state index is 11.7. The van der Waals surface area contributed by atoms with E-state index in [1.165, 1.54) is 0 Å². The maximum Gasteiger partial charge on any atom is 1.00 e. The molecular formula is C14H14N2Na2O14S2. The predicted octanol–water partition coefficient (Wildman–Crippen LogP) is -9.18. The van der Waals surface area contributed by atoms with Crippen LogP contribution < -0.4 is 59.1 Å². The van der Waals surface area contributed by atoms with E-state index in [2.05, 4.69) is 9.68 Å². The van der Waals surface area contributed by atoms with Crippen molar-refractivity contribution in [3.05, 3.63) is 0 Å². The molecule has 2 saturated heterocycles. The zero-order valence-corrected chi connectivity index (χ0v) is 23.5. The van der Waals surface area contributed by atoms with Gasteiger partial charge in [0.25, 0.3) is 23.6 Å². The van der Waals surface area contributed by atoms with Crippen LogP contribution >= 0.6 is 0 Å². The van der Waals surface area contributed by atoms with Gasteiger partial charge in [-0.1, -0.05) is 0 Å². The molecule has 0 spiro atoms. The summed E-state index contributed by atoms with van der Waals surface area (Å²) in [5, 5.41) is -4.63. The van der Waals surface area contributed by atoms with Crippen molar-refractivity contribution in [1.29, 1.82) is 0 Å². The first-order valence-electron chi connectivity index (χ1n) is 8.67. The number of carbonyl (C=O) groups excluding carboxylic acids is 6. The van der Waals surface area contributed by atoms with Crippen LogP contribution in [0.3, 0.4) is 0 Å². The molecule has 0 aliphatic carbocycles. The van der Waals surface area contributed by atoms with Gasteiger partial charge in [0.1, 0.15) is 30.7 Å². The summed E-state index contributed by atoms with van der Waals surface area (Å²) in [4.78, 5) is 78.7. The molecule has 178 valence electrons. The Labute approximate surface area is 236 Å². The van der Waals surface area contributed by atoms with E-state index < -0.39 is 92.0 Å². The van der Waals surface area contributed by atoms with Gasteiger partial charge in [-0.25, -0.2) is 26.4 Å². The molecule has 0 bridgehead atoms. The van der Waals surface area contributed by atoms with E-state index >= 15 is 0 Å². The smallest absolute Gasteiger partial charge is 0.747 e. The Kier molecular flexibility index (Phi) is 12.5. The number of nitrogens with zero attached hydrogens (tertiary/aromatic N) is 2. The third-order valence-electron chi connectivity index (χ3n) is 4.22. The number of unbranched alkanes of at least 4 members (excludes halogenated alkanes) is 1. The standard InChI is InChI=1S/C14H16N2O14S2.2Na/c17-9-5-7(31(23,24)25)13(21)15(9)29-11(19)3-1-2-4-12(20)30-16-10(18)6-8(14(16)22)32(26,27)28;;/h7-8H,1-6H2,(H,23,24,25)(H,26,27,28);;/q;2*+1/p-2. The number of imide groups is 2. The van der Waals surface area contributed by atoms with E-state index in [0.717, 1.165) is 0 Å². The zero-order chi connectivity index (χ0) is 24.4. The molecule has 0 aromatic heterocycles. The van der Waals surface area contributed by atoms with Crippen molar-refractivity contribution >= 4 is 55.8 Å². The predicted molar refractivity (Wildman–Crippen MR) is 90.6 cm³/mol. The Morgan fingerprint density at radius 1 is 0.735 bits per heavy atom. The second-order valence-electron chi connectivity index (χ2n) is 6.56. The van der Waals surface area contributed by atoms with Gasteiger partial charge in [0.15, 0.2) is 0 Å². The van der Waals surface area contributed by atoms with Crippen LogP contribution in [0.2, 0.25) is 0 Å². The summed E-state index contributed by atoms with van der Waals surface area (Å²) in [6, 6.07) is 0.